The van der Waals surface area contributed by atoms with Crippen molar-refractivity contribution >= 4 is 12.0 Å². The molecule has 1 unspecified atom stereocenters. The van der Waals surface area contributed by atoms with Crippen LogP contribution in [0.25, 0.3) is 0 Å². The molecule has 0 aliphatic carbocycles. The zero-order chi connectivity index (χ0) is 19.2. The number of pyridine rings is 1. The molecule has 1 aliphatic rings. The third-order valence-corrected chi connectivity index (χ3v) is 4.51. The molecule has 1 N–H and O–H groups in total. The number of carbonyl (C=O) groups is 1. The van der Waals surface area contributed by atoms with E-state index in [4.69, 9.17) is 4.74 Å². The minimum Gasteiger partial charge on any atom is -0.481 e. The third kappa shape index (κ3) is 5.06. The Labute approximate surface area is 159 Å². The Kier molecular flexibility index (Phi) is 6.05. The first kappa shape index (κ1) is 18.9. The van der Waals surface area contributed by atoms with Gasteiger partial charge in [-0.3, -0.25) is 4.98 Å². The minimum atomic E-state index is -0.0404. The number of urea groups is 1. The van der Waals surface area contributed by atoms with Gasteiger partial charge in [-0.15, -0.1) is 0 Å². The van der Waals surface area contributed by atoms with Crippen LogP contribution < -0.4 is 15.0 Å². The molecule has 0 bridgehead atoms. The zero-order valence-electron chi connectivity index (χ0n) is 16.1. The minimum absolute atomic E-state index is 0.0200. The van der Waals surface area contributed by atoms with Crippen molar-refractivity contribution in [1.82, 2.24) is 25.2 Å². The Morgan fingerprint density at radius 1 is 1.22 bits per heavy atom. The normalized spacial score (nSPS) is 15.4. The number of hydrogen-bond acceptors (Lipinski definition) is 6. The van der Waals surface area contributed by atoms with E-state index < -0.39 is 0 Å². The number of hydrogen-bond donors (Lipinski definition) is 1. The summed E-state index contributed by atoms with van der Waals surface area (Å²) in [5.41, 5.74) is 1.98. The van der Waals surface area contributed by atoms with Gasteiger partial charge in [-0.1, -0.05) is 6.07 Å². The second kappa shape index (κ2) is 8.66. The lowest BCUT2D eigenvalue weighted by Gasteiger charge is -2.35. The number of rotatable bonds is 5. The molecule has 27 heavy (non-hydrogen) atoms. The molecule has 2 amide bonds. The van der Waals surface area contributed by atoms with Crippen molar-refractivity contribution < 1.29 is 9.53 Å². The first-order chi connectivity index (χ1) is 13.0. The standard InChI is InChI=1S/C19H26N6O2/c1-14-5-4-6-16(21-14)13-15(2)22-19(26)25-11-9-24(10-12-25)18-20-8-7-17(23-18)27-3/h4-8,15H,9-13H2,1-3H3,(H,22,26). The van der Waals surface area contributed by atoms with Crippen LogP contribution in [0.15, 0.2) is 30.5 Å². The summed E-state index contributed by atoms with van der Waals surface area (Å²) in [5.74, 6) is 1.17. The maximum atomic E-state index is 12.5. The lowest BCUT2D eigenvalue weighted by Crippen LogP contribution is -2.53. The largest absolute Gasteiger partial charge is 0.481 e. The Morgan fingerprint density at radius 3 is 2.70 bits per heavy atom. The van der Waals surface area contributed by atoms with E-state index in [0.29, 0.717) is 44.4 Å². The fourth-order valence-electron chi connectivity index (χ4n) is 3.09. The van der Waals surface area contributed by atoms with Gasteiger partial charge in [0.05, 0.1) is 7.11 Å². The summed E-state index contributed by atoms with van der Waals surface area (Å²) in [6.45, 7) is 6.60. The van der Waals surface area contributed by atoms with Crippen LogP contribution in [0.5, 0.6) is 5.88 Å². The second-order valence-corrected chi connectivity index (χ2v) is 6.70. The van der Waals surface area contributed by atoms with Gasteiger partial charge < -0.3 is 19.9 Å². The molecule has 1 aliphatic heterocycles. The number of methoxy groups -OCH3 is 1. The van der Waals surface area contributed by atoms with E-state index in [2.05, 4.69) is 25.2 Å². The molecule has 8 nitrogen and oxygen atoms in total. The number of piperazine rings is 1. The number of carbonyl (C=O) groups excluding carboxylic acids is 1. The van der Waals surface area contributed by atoms with Gasteiger partial charge in [-0.05, 0) is 26.0 Å². The molecule has 1 fully saturated rings. The summed E-state index contributed by atoms with van der Waals surface area (Å²) in [6.07, 6.45) is 2.40. The van der Waals surface area contributed by atoms with Gasteiger partial charge in [0.1, 0.15) is 0 Å². The van der Waals surface area contributed by atoms with E-state index in [1.54, 1.807) is 19.4 Å². The fraction of sp³-hybridized carbons (Fsp3) is 0.474. The van der Waals surface area contributed by atoms with Gasteiger partial charge in [0.15, 0.2) is 0 Å². The SMILES string of the molecule is COc1ccnc(N2CCN(C(=O)NC(C)Cc3cccc(C)n3)CC2)n1. The molecule has 0 saturated carbocycles. The smallest absolute Gasteiger partial charge is 0.317 e. The summed E-state index contributed by atoms with van der Waals surface area (Å²) in [4.78, 5) is 29.6. The first-order valence-corrected chi connectivity index (χ1v) is 9.15. The summed E-state index contributed by atoms with van der Waals surface area (Å²) in [7, 11) is 1.59. The molecule has 0 spiro atoms. The summed E-state index contributed by atoms with van der Waals surface area (Å²) >= 11 is 0. The number of ether oxygens (including phenoxy) is 1. The zero-order valence-corrected chi connectivity index (χ0v) is 16.1. The van der Waals surface area contributed by atoms with Gasteiger partial charge in [-0.25, -0.2) is 9.78 Å². The molecular weight excluding hydrogens is 344 g/mol. The third-order valence-electron chi connectivity index (χ3n) is 4.51. The van der Waals surface area contributed by atoms with Crippen molar-refractivity contribution in [2.45, 2.75) is 26.3 Å². The van der Waals surface area contributed by atoms with E-state index >= 15 is 0 Å². The Bertz CT molecular complexity index is 776. The Morgan fingerprint density at radius 2 is 2.00 bits per heavy atom. The Balaban J connectivity index is 1.49. The molecule has 0 aromatic carbocycles. The summed E-state index contributed by atoms with van der Waals surface area (Å²) in [5, 5.41) is 3.07. The number of amides is 2. The molecule has 3 heterocycles. The topological polar surface area (TPSA) is 83.5 Å². The average Bonchev–Trinajstić information content (AvgIpc) is 2.68. The summed E-state index contributed by atoms with van der Waals surface area (Å²) < 4.78 is 5.15. The van der Waals surface area contributed by atoms with Gasteiger partial charge in [0.2, 0.25) is 11.8 Å². The highest BCUT2D eigenvalue weighted by molar-refractivity contribution is 5.74. The number of aromatic nitrogens is 3. The van der Waals surface area contributed by atoms with E-state index in [1.807, 2.05) is 36.9 Å². The van der Waals surface area contributed by atoms with Crippen LogP contribution in [0.2, 0.25) is 0 Å². The van der Waals surface area contributed by atoms with Crippen molar-refractivity contribution in [2.24, 2.45) is 0 Å². The van der Waals surface area contributed by atoms with Gasteiger partial charge in [-0.2, -0.15) is 4.98 Å². The summed E-state index contributed by atoms with van der Waals surface area (Å²) in [6, 6.07) is 7.65. The van der Waals surface area contributed by atoms with E-state index in [0.717, 1.165) is 11.4 Å². The highest BCUT2D eigenvalue weighted by atomic mass is 16.5. The van der Waals surface area contributed by atoms with Crippen molar-refractivity contribution in [3.63, 3.8) is 0 Å². The molecule has 2 aromatic heterocycles. The lowest BCUT2D eigenvalue weighted by molar-refractivity contribution is 0.190. The van der Waals surface area contributed by atoms with Crippen LogP contribution in [0, 0.1) is 6.92 Å². The van der Waals surface area contributed by atoms with Crippen LogP contribution in [0.3, 0.4) is 0 Å². The maximum Gasteiger partial charge on any atom is 0.317 e. The highest BCUT2D eigenvalue weighted by Crippen LogP contribution is 2.14. The lowest BCUT2D eigenvalue weighted by atomic mass is 10.1. The monoisotopic (exact) mass is 370 g/mol. The van der Waals surface area contributed by atoms with Crippen LogP contribution in [-0.2, 0) is 6.42 Å². The van der Waals surface area contributed by atoms with Crippen LogP contribution in [0.4, 0.5) is 10.7 Å². The van der Waals surface area contributed by atoms with Gasteiger partial charge in [0.25, 0.3) is 0 Å². The predicted molar refractivity (Wildman–Crippen MR) is 103 cm³/mol. The molecule has 8 heteroatoms. The molecule has 1 saturated heterocycles. The quantitative estimate of drug-likeness (QED) is 0.862. The fourth-order valence-corrected chi connectivity index (χ4v) is 3.09. The van der Waals surface area contributed by atoms with E-state index in [9.17, 15) is 4.79 Å². The van der Waals surface area contributed by atoms with E-state index in [-0.39, 0.29) is 12.1 Å². The molecule has 0 radical (unpaired) electrons. The average molecular weight is 370 g/mol. The highest BCUT2D eigenvalue weighted by Gasteiger charge is 2.23. The first-order valence-electron chi connectivity index (χ1n) is 9.15. The van der Waals surface area contributed by atoms with Crippen LogP contribution >= 0.6 is 0 Å². The number of nitrogens with zero attached hydrogens (tertiary/aromatic N) is 5. The number of aryl methyl sites for hydroxylation is 1. The molecular formula is C19H26N6O2. The van der Waals surface area contributed by atoms with Crippen molar-refractivity contribution in [1.29, 1.82) is 0 Å². The number of nitrogens with one attached hydrogen (secondary N) is 1. The van der Waals surface area contributed by atoms with Crippen molar-refractivity contribution in [3.8, 4) is 5.88 Å². The van der Waals surface area contributed by atoms with Gasteiger partial charge >= 0.3 is 6.03 Å². The molecule has 144 valence electrons. The molecule has 1 atom stereocenters. The van der Waals surface area contributed by atoms with Crippen LogP contribution in [0.1, 0.15) is 18.3 Å². The van der Waals surface area contributed by atoms with E-state index in [1.165, 1.54) is 0 Å². The van der Waals surface area contributed by atoms with Gasteiger partial charge in [0, 0.05) is 62.3 Å². The van der Waals surface area contributed by atoms with Crippen molar-refractivity contribution in [3.05, 3.63) is 41.9 Å². The Hall–Kier alpha value is -2.90. The number of anilines is 1. The maximum absolute atomic E-state index is 12.5. The van der Waals surface area contributed by atoms with Crippen molar-refractivity contribution in [2.75, 3.05) is 38.2 Å². The predicted octanol–water partition coefficient (Wildman–Crippen LogP) is 1.65. The molecule has 2 aromatic rings. The van der Waals surface area contributed by atoms with Crippen LogP contribution in [-0.4, -0.2) is 65.2 Å². The molecule has 3 rings (SSSR count). The second-order valence-electron chi connectivity index (χ2n) is 6.70.